The number of thiophene rings is 1. The van der Waals surface area contributed by atoms with Gasteiger partial charge in [0, 0.05) is 21.8 Å². The summed E-state index contributed by atoms with van der Waals surface area (Å²) < 4.78 is 1.03. The second-order valence-corrected chi connectivity index (χ2v) is 7.35. The van der Waals surface area contributed by atoms with Crippen molar-refractivity contribution >= 4 is 49.1 Å². The quantitative estimate of drug-likeness (QED) is 0.506. The predicted molar refractivity (Wildman–Crippen MR) is 91.9 cm³/mol. The van der Waals surface area contributed by atoms with Crippen molar-refractivity contribution in [3.8, 4) is 0 Å². The lowest BCUT2D eigenvalue weighted by molar-refractivity contribution is 0.221. The van der Waals surface area contributed by atoms with Crippen molar-refractivity contribution < 1.29 is 5.11 Å². The van der Waals surface area contributed by atoms with Gasteiger partial charge in [-0.1, -0.05) is 24.3 Å². The highest BCUT2D eigenvalue weighted by molar-refractivity contribution is 9.11. The Balaban J connectivity index is 1.88. The first kappa shape index (κ1) is 13.1. The number of aliphatic hydroxyl groups is 1. The molecule has 2 heterocycles. The molecule has 0 aliphatic heterocycles. The van der Waals surface area contributed by atoms with Crippen LogP contribution in [-0.4, -0.2) is 10.1 Å². The number of rotatable bonds is 2. The minimum absolute atomic E-state index is 0.592. The SMILES string of the molecule is OC(c1csc(Br)c1)c1ccc2[nH]c3ccccc3c2c1. The Morgan fingerprint density at radius 1 is 0.952 bits per heavy atom. The molecular weight excluding hydrogens is 346 g/mol. The molecule has 0 saturated carbocycles. The van der Waals surface area contributed by atoms with Crippen LogP contribution in [0.3, 0.4) is 0 Å². The van der Waals surface area contributed by atoms with Gasteiger partial charge in [0.15, 0.2) is 0 Å². The second-order valence-electron chi connectivity index (χ2n) is 5.06. The minimum atomic E-state index is -0.592. The van der Waals surface area contributed by atoms with E-state index in [1.54, 1.807) is 11.3 Å². The Kier molecular flexibility index (Phi) is 3.10. The van der Waals surface area contributed by atoms with Crippen LogP contribution in [0.15, 0.2) is 57.7 Å². The van der Waals surface area contributed by atoms with Crippen molar-refractivity contribution in [3.05, 3.63) is 68.8 Å². The molecule has 2 aromatic carbocycles. The summed E-state index contributed by atoms with van der Waals surface area (Å²) in [5.41, 5.74) is 4.06. The van der Waals surface area contributed by atoms with E-state index in [2.05, 4.69) is 39.1 Å². The zero-order valence-corrected chi connectivity index (χ0v) is 13.4. The summed E-state index contributed by atoms with van der Waals surface area (Å²) in [6, 6.07) is 16.3. The topological polar surface area (TPSA) is 36.0 Å². The first-order valence-corrected chi connectivity index (χ1v) is 8.32. The van der Waals surface area contributed by atoms with Gasteiger partial charge in [0.05, 0.1) is 3.79 Å². The number of para-hydroxylation sites is 1. The molecule has 0 saturated heterocycles. The number of fused-ring (bicyclic) bond motifs is 3. The van der Waals surface area contributed by atoms with Crippen molar-refractivity contribution in [1.29, 1.82) is 0 Å². The van der Waals surface area contributed by atoms with Gasteiger partial charge in [0.25, 0.3) is 0 Å². The maximum atomic E-state index is 10.5. The van der Waals surface area contributed by atoms with Crippen molar-refractivity contribution in [2.45, 2.75) is 6.10 Å². The lowest BCUT2D eigenvalue weighted by atomic mass is 10.0. The monoisotopic (exact) mass is 357 g/mol. The van der Waals surface area contributed by atoms with Crippen molar-refractivity contribution in [2.24, 2.45) is 0 Å². The predicted octanol–water partition coefficient (Wildman–Crippen LogP) is 5.23. The number of aliphatic hydroxyl groups excluding tert-OH is 1. The molecule has 4 rings (SSSR count). The first-order chi connectivity index (χ1) is 10.2. The molecule has 2 aromatic heterocycles. The molecule has 0 aliphatic carbocycles. The summed E-state index contributed by atoms with van der Waals surface area (Å²) in [4.78, 5) is 3.40. The van der Waals surface area contributed by atoms with E-state index in [1.807, 2.05) is 35.7 Å². The van der Waals surface area contributed by atoms with Gasteiger partial charge in [-0.05, 0) is 56.7 Å². The number of benzene rings is 2. The third-order valence-corrected chi connectivity index (χ3v) is 5.27. The number of aromatic amines is 1. The molecule has 104 valence electrons. The number of hydrogen-bond donors (Lipinski definition) is 2. The van der Waals surface area contributed by atoms with E-state index in [9.17, 15) is 5.11 Å². The highest BCUT2D eigenvalue weighted by Crippen LogP contribution is 2.32. The van der Waals surface area contributed by atoms with Crippen molar-refractivity contribution in [1.82, 2.24) is 4.98 Å². The number of hydrogen-bond acceptors (Lipinski definition) is 2. The van der Waals surface area contributed by atoms with Gasteiger partial charge in [-0.2, -0.15) is 0 Å². The molecule has 4 heteroatoms. The normalized spacial score (nSPS) is 13.0. The molecule has 0 aliphatic rings. The zero-order valence-electron chi connectivity index (χ0n) is 11.0. The highest BCUT2D eigenvalue weighted by atomic mass is 79.9. The fraction of sp³-hybridized carbons (Fsp3) is 0.0588. The van der Waals surface area contributed by atoms with Gasteiger partial charge in [-0.15, -0.1) is 11.3 Å². The molecule has 21 heavy (non-hydrogen) atoms. The standard InChI is InChI=1S/C17H12BrNOS/c18-16-8-11(9-21-16)17(20)10-5-6-15-13(7-10)12-3-1-2-4-14(12)19-15/h1-9,17,19-20H. The average Bonchev–Trinajstić information content (AvgIpc) is 3.09. The number of aromatic nitrogens is 1. The van der Waals surface area contributed by atoms with Crippen LogP contribution in [-0.2, 0) is 0 Å². The van der Waals surface area contributed by atoms with Crippen LogP contribution in [0.4, 0.5) is 0 Å². The Labute approximate surface area is 134 Å². The van der Waals surface area contributed by atoms with Gasteiger partial charge in [-0.3, -0.25) is 0 Å². The van der Waals surface area contributed by atoms with Gasteiger partial charge < -0.3 is 10.1 Å². The van der Waals surface area contributed by atoms with Crippen LogP contribution in [0.2, 0.25) is 0 Å². The Hall–Kier alpha value is -1.62. The molecule has 1 atom stereocenters. The van der Waals surface area contributed by atoms with Crippen LogP contribution >= 0.6 is 27.3 Å². The van der Waals surface area contributed by atoms with E-state index in [0.29, 0.717) is 0 Å². The fourth-order valence-corrected chi connectivity index (χ4v) is 3.89. The van der Waals surface area contributed by atoms with Crippen LogP contribution in [0.5, 0.6) is 0 Å². The molecule has 1 unspecified atom stereocenters. The van der Waals surface area contributed by atoms with Crippen molar-refractivity contribution in [3.63, 3.8) is 0 Å². The van der Waals surface area contributed by atoms with Crippen LogP contribution < -0.4 is 0 Å². The fourth-order valence-electron chi connectivity index (χ4n) is 2.70. The third-order valence-electron chi connectivity index (χ3n) is 3.75. The zero-order chi connectivity index (χ0) is 14.4. The summed E-state index contributed by atoms with van der Waals surface area (Å²) in [5, 5.41) is 14.9. The highest BCUT2D eigenvalue weighted by Gasteiger charge is 2.14. The summed E-state index contributed by atoms with van der Waals surface area (Å²) in [6.07, 6.45) is -0.592. The molecule has 4 aromatic rings. The third kappa shape index (κ3) is 2.20. The van der Waals surface area contributed by atoms with E-state index in [-0.39, 0.29) is 0 Å². The minimum Gasteiger partial charge on any atom is -0.384 e. The number of H-pyrrole nitrogens is 1. The van der Waals surface area contributed by atoms with E-state index in [0.717, 1.165) is 31.3 Å². The smallest absolute Gasteiger partial charge is 0.105 e. The summed E-state index contributed by atoms with van der Waals surface area (Å²) >= 11 is 5.03. The molecule has 2 N–H and O–H groups in total. The second kappa shape index (κ2) is 4.98. The van der Waals surface area contributed by atoms with Gasteiger partial charge in [-0.25, -0.2) is 0 Å². The maximum Gasteiger partial charge on any atom is 0.105 e. The first-order valence-electron chi connectivity index (χ1n) is 6.65. The number of nitrogens with one attached hydrogen (secondary N) is 1. The molecule has 0 spiro atoms. The van der Waals surface area contributed by atoms with Gasteiger partial charge >= 0.3 is 0 Å². The van der Waals surface area contributed by atoms with E-state index < -0.39 is 6.10 Å². The summed E-state index contributed by atoms with van der Waals surface area (Å²) in [7, 11) is 0. The molecule has 0 radical (unpaired) electrons. The summed E-state index contributed by atoms with van der Waals surface area (Å²) in [6.45, 7) is 0. The van der Waals surface area contributed by atoms with E-state index in [4.69, 9.17) is 0 Å². The Morgan fingerprint density at radius 2 is 1.76 bits per heavy atom. The lowest BCUT2D eigenvalue weighted by Crippen LogP contribution is -1.97. The molecule has 0 fully saturated rings. The van der Waals surface area contributed by atoms with Crippen LogP contribution in [0.1, 0.15) is 17.2 Å². The Bertz CT molecular complexity index is 940. The summed E-state index contributed by atoms with van der Waals surface area (Å²) in [5.74, 6) is 0. The van der Waals surface area contributed by atoms with Crippen LogP contribution in [0.25, 0.3) is 21.8 Å². The molecule has 0 amide bonds. The van der Waals surface area contributed by atoms with Gasteiger partial charge in [0.1, 0.15) is 6.10 Å². The molecular formula is C17H12BrNOS. The molecule has 0 bridgehead atoms. The average molecular weight is 358 g/mol. The Morgan fingerprint density at radius 3 is 2.57 bits per heavy atom. The maximum absolute atomic E-state index is 10.5. The van der Waals surface area contributed by atoms with E-state index >= 15 is 0 Å². The van der Waals surface area contributed by atoms with Crippen molar-refractivity contribution in [2.75, 3.05) is 0 Å². The number of halogens is 1. The van der Waals surface area contributed by atoms with E-state index in [1.165, 1.54) is 5.39 Å². The largest absolute Gasteiger partial charge is 0.384 e. The lowest BCUT2D eigenvalue weighted by Gasteiger charge is -2.09. The van der Waals surface area contributed by atoms with Gasteiger partial charge in [0.2, 0.25) is 0 Å². The van der Waals surface area contributed by atoms with Crippen LogP contribution in [0, 0.1) is 0 Å². The molecule has 2 nitrogen and oxygen atoms in total.